The summed E-state index contributed by atoms with van der Waals surface area (Å²) in [7, 11) is -7.05. The summed E-state index contributed by atoms with van der Waals surface area (Å²) in [4.78, 5) is 1.30. The number of sulfonamides is 1. The van der Waals surface area contributed by atoms with Crippen molar-refractivity contribution in [2.75, 3.05) is 6.26 Å². The highest BCUT2D eigenvalue weighted by Crippen LogP contribution is 2.11. The van der Waals surface area contributed by atoms with Crippen LogP contribution in [0.1, 0.15) is 5.56 Å². The zero-order valence-electron chi connectivity index (χ0n) is 8.41. The second-order valence-corrected chi connectivity index (χ2v) is 6.98. The first-order valence-electron chi connectivity index (χ1n) is 4.17. The molecule has 0 saturated heterocycles. The van der Waals surface area contributed by atoms with E-state index in [0.29, 0.717) is 5.56 Å². The zero-order valence-corrected chi connectivity index (χ0v) is 10.0. The molecular formula is C8H11NO5S2. The average molecular weight is 265 g/mol. The Morgan fingerprint density at radius 3 is 2.00 bits per heavy atom. The highest BCUT2D eigenvalue weighted by molar-refractivity contribution is 7.90. The van der Waals surface area contributed by atoms with Crippen LogP contribution in [0.15, 0.2) is 29.2 Å². The monoisotopic (exact) mass is 265 g/mol. The van der Waals surface area contributed by atoms with Crippen molar-refractivity contribution in [3.63, 3.8) is 0 Å². The van der Waals surface area contributed by atoms with E-state index in [0.717, 1.165) is 6.26 Å². The Morgan fingerprint density at radius 1 is 1.12 bits per heavy atom. The lowest BCUT2D eigenvalue weighted by atomic mass is 10.2. The van der Waals surface area contributed by atoms with Crippen LogP contribution < -0.4 is 4.89 Å². The Balaban J connectivity index is 2.97. The van der Waals surface area contributed by atoms with Gasteiger partial charge >= 0.3 is 0 Å². The molecule has 6 nitrogen and oxygen atoms in total. The molecule has 8 heteroatoms. The molecule has 0 saturated carbocycles. The van der Waals surface area contributed by atoms with Gasteiger partial charge in [-0.3, -0.25) is 0 Å². The van der Waals surface area contributed by atoms with Crippen LogP contribution in [-0.4, -0.2) is 28.3 Å². The molecule has 0 aliphatic rings. The largest absolute Gasteiger partial charge is 0.302 e. The Hall–Kier alpha value is -0.960. The summed E-state index contributed by atoms with van der Waals surface area (Å²) in [6.45, 7) is 0. The first-order chi connectivity index (χ1) is 7.24. The fourth-order valence-corrected chi connectivity index (χ4v) is 2.41. The summed E-state index contributed by atoms with van der Waals surface area (Å²) in [6.07, 6.45) is 1.06. The highest BCUT2D eigenvalue weighted by Gasteiger charge is 2.11. The highest BCUT2D eigenvalue weighted by atomic mass is 32.2. The smallest absolute Gasteiger partial charge is 0.237 e. The van der Waals surface area contributed by atoms with Crippen LogP contribution in [0.25, 0.3) is 0 Å². The molecule has 1 rings (SSSR count). The van der Waals surface area contributed by atoms with Gasteiger partial charge in [-0.15, -0.1) is 0 Å². The average Bonchev–Trinajstić information content (AvgIpc) is 2.16. The van der Waals surface area contributed by atoms with E-state index >= 15 is 0 Å². The van der Waals surface area contributed by atoms with E-state index in [9.17, 15) is 16.8 Å². The Bertz CT molecular complexity index is 559. The van der Waals surface area contributed by atoms with Crippen molar-refractivity contribution in [2.24, 2.45) is 0 Å². The number of rotatable bonds is 4. The van der Waals surface area contributed by atoms with Crippen molar-refractivity contribution < 1.29 is 22.0 Å². The minimum absolute atomic E-state index is 0.116. The SMILES string of the molecule is CS(=O)(=O)c1ccc(CS(=O)(=O)NO)cc1. The predicted molar refractivity (Wildman–Crippen MR) is 57.1 cm³/mol. The summed E-state index contributed by atoms with van der Waals surface area (Å²) in [5.41, 5.74) is 0.383. The summed E-state index contributed by atoms with van der Waals surface area (Å²) in [5, 5.41) is 8.31. The van der Waals surface area contributed by atoms with Crippen molar-refractivity contribution in [3.05, 3.63) is 29.8 Å². The zero-order chi connectivity index (χ0) is 12.4. The van der Waals surface area contributed by atoms with Crippen molar-refractivity contribution in [2.45, 2.75) is 10.6 Å². The molecule has 1 aromatic rings. The van der Waals surface area contributed by atoms with E-state index in [1.54, 1.807) is 0 Å². The van der Waals surface area contributed by atoms with Gasteiger partial charge in [0.1, 0.15) is 0 Å². The third kappa shape index (κ3) is 3.56. The molecule has 1 aromatic carbocycles. The normalized spacial score (nSPS) is 12.6. The van der Waals surface area contributed by atoms with Gasteiger partial charge in [0.2, 0.25) is 10.0 Å². The van der Waals surface area contributed by atoms with Gasteiger partial charge in [0.25, 0.3) is 0 Å². The second-order valence-electron chi connectivity index (χ2n) is 3.27. The van der Waals surface area contributed by atoms with Gasteiger partial charge in [-0.05, 0) is 17.7 Å². The molecule has 0 unspecified atom stereocenters. The van der Waals surface area contributed by atoms with Gasteiger partial charge in [-0.2, -0.15) is 0 Å². The van der Waals surface area contributed by atoms with Crippen LogP contribution in [0.3, 0.4) is 0 Å². The van der Waals surface area contributed by atoms with Crippen LogP contribution in [0.4, 0.5) is 0 Å². The lowest BCUT2D eigenvalue weighted by Crippen LogP contribution is -2.21. The molecule has 0 aliphatic carbocycles. The summed E-state index contributed by atoms with van der Waals surface area (Å²) in [5.74, 6) is -0.409. The summed E-state index contributed by atoms with van der Waals surface area (Å²) >= 11 is 0. The maximum Gasteiger partial charge on any atom is 0.237 e. The van der Waals surface area contributed by atoms with Gasteiger partial charge < -0.3 is 5.21 Å². The second kappa shape index (κ2) is 4.50. The lowest BCUT2D eigenvalue weighted by Gasteiger charge is -2.03. The van der Waals surface area contributed by atoms with E-state index in [1.807, 2.05) is 0 Å². The molecule has 0 spiro atoms. The van der Waals surface area contributed by atoms with E-state index < -0.39 is 25.6 Å². The van der Waals surface area contributed by atoms with Crippen molar-refractivity contribution in [1.29, 1.82) is 0 Å². The number of benzene rings is 1. The minimum atomic E-state index is -3.76. The molecule has 0 fully saturated rings. The third-order valence-corrected chi connectivity index (χ3v) is 3.97. The fraction of sp³-hybridized carbons (Fsp3) is 0.250. The number of nitrogens with one attached hydrogen (secondary N) is 1. The van der Waals surface area contributed by atoms with Crippen LogP contribution in [0.2, 0.25) is 0 Å². The van der Waals surface area contributed by atoms with Crippen molar-refractivity contribution >= 4 is 19.9 Å². The molecular weight excluding hydrogens is 254 g/mol. The van der Waals surface area contributed by atoms with Gasteiger partial charge in [0.05, 0.1) is 10.6 Å². The van der Waals surface area contributed by atoms with Crippen LogP contribution in [0.5, 0.6) is 0 Å². The Kier molecular flexibility index (Phi) is 3.68. The first-order valence-corrected chi connectivity index (χ1v) is 7.71. The lowest BCUT2D eigenvalue weighted by molar-refractivity contribution is 0.242. The van der Waals surface area contributed by atoms with Gasteiger partial charge in [-0.25, -0.2) is 16.8 Å². The molecule has 90 valence electrons. The minimum Gasteiger partial charge on any atom is -0.302 e. The predicted octanol–water partition coefficient (Wildman–Crippen LogP) is -0.101. The van der Waals surface area contributed by atoms with E-state index in [2.05, 4.69) is 0 Å². The fourth-order valence-electron chi connectivity index (χ4n) is 1.08. The van der Waals surface area contributed by atoms with E-state index in [4.69, 9.17) is 5.21 Å². The van der Waals surface area contributed by atoms with Crippen molar-refractivity contribution in [1.82, 2.24) is 4.89 Å². The van der Waals surface area contributed by atoms with E-state index in [-0.39, 0.29) is 4.90 Å². The van der Waals surface area contributed by atoms with Crippen LogP contribution >= 0.6 is 0 Å². The number of hydrogen-bond donors (Lipinski definition) is 2. The van der Waals surface area contributed by atoms with Gasteiger partial charge in [0.15, 0.2) is 9.84 Å². The molecule has 0 bridgehead atoms. The Morgan fingerprint density at radius 2 is 1.62 bits per heavy atom. The van der Waals surface area contributed by atoms with Crippen molar-refractivity contribution in [3.8, 4) is 0 Å². The molecule has 0 atom stereocenters. The maximum absolute atomic E-state index is 11.1. The standard InChI is InChI=1S/C8H11NO5S2/c1-15(11,12)8-4-2-7(3-5-8)6-16(13,14)9-10/h2-5,9-10H,6H2,1H3. The summed E-state index contributed by atoms with van der Waals surface area (Å²) in [6, 6.07) is 5.39. The Labute approximate surface area is 93.8 Å². The maximum atomic E-state index is 11.1. The van der Waals surface area contributed by atoms with Crippen LogP contribution in [-0.2, 0) is 25.6 Å². The third-order valence-electron chi connectivity index (χ3n) is 1.85. The molecule has 16 heavy (non-hydrogen) atoms. The molecule has 0 radical (unpaired) electrons. The first kappa shape index (κ1) is 13.1. The molecule has 2 N–H and O–H groups in total. The van der Waals surface area contributed by atoms with E-state index in [1.165, 1.54) is 29.2 Å². The van der Waals surface area contributed by atoms with Crippen LogP contribution in [0, 0.1) is 0 Å². The number of hydrogen-bond acceptors (Lipinski definition) is 5. The number of sulfone groups is 1. The topological polar surface area (TPSA) is 101 Å². The molecule has 0 aliphatic heterocycles. The molecule has 0 heterocycles. The van der Waals surface area contributed by atoms with Gasteiger partial charge in [-0.1, -0.05) is 17.0 Å². The quantitative estimate of drug-likeness (QED) is 0.740. The summed E-state index contributed by atoms with van der Waals surface area (Å²) < 4.78 is 44.2. The van der Waals surface area contributed by atoms with Gasteiger partial charge in [0, 0.05) is 6.26 Å². The molecule has 0 aromatic heterocycles. The molecule has 0 amide bonds.